The van der Waals surface area contributed by atoms with E-state index < -0.39 is 5.97 Å². The summed E-state index contributed by atoms with van der Waals surface area (Å²) in [7, 11) is 0. The lowest BCUT2D eigenvalue weighted by atomic mass is 10.1. The van der Waals surface area contributed by atoms with E-state index in [4.69, 9.17) is 9.97 Å². The fourth-order valence-corrected chi connectivity index (χ4v) is 5.20. The Morgan fingerprint density at radius 3 is 2.44 bits per heavy atom. The van der Waals surface area contributed by atoms with Crippen molar-refractivity contribution in [3.05, 3.63) is 59.5 Å². The molecule has 2 aliphatic rings. The first kappa shape index (κ1) is 24.0. The molecule has 8 nitrogen and oxygen atoms in total. The smallest absolute Gasteiger partial charge is 0.337 e. The normalized spacial score (nSPS) is 20.2. The van der Waals surface area contributed by atoms with Crippen LogP contribution >= 0.6 is 0 Å². The highest BCUT2D eigenvalue weighted by Crippen LogP contribution is 2.31. The highest BCUT2D eigenvalue weighted by Gasteiger charge is 2.29. The summed E-state index contributed by atoms with van der Waals surface area (Å²) in [6.07, 6.45) is 3.65. The summed E-state index contributed by atoms with van der Waals surface area (Å²) in [5.41, 5.74) is 2.69. The number of halogens is 1. The largest absolute Gasteiger partial charge is 0.478 e. The molecule has 0 aliphatic carbocycles. The predicted octanol–water partition coefficient (Wildman–Crippen LogP) is 4.39. The molecule has 3 aromatic rings. The van der Waals surface area contributed by atoms with Gasteiger partial charge in [0.15, 0.2) is 0 Å². The van der Waals surface area contributed by atoms with Crippen LogP contribution in [-0.4, -0.2) is 64.3 Å². The van der Waals surface area contributed by atoms with Crippen LogP contribution in [-0.2, 0) is 0 Å². The second-order valence-corrected chi connectivity index (χ2v) is 9.76. The Morgan fingerprint density at radius 2 is 1.81 bits per heavy atom. The number of piperazine rings is 1. The van der Waals surface area contributed by atoms with Crippen molar-refractivity contribution in [3.63, 3.8) is 0 Å². The molecule has 4 heterocycles. The Bertz CT molecular complexity index is 1270. The van der Waals surface area contributed by atoms with E-state index in [-0.39, 0.29) is 17.4 Å². The van der Waals surface area contributed by atoms with Crippen LogP contribution in [0.15, 0.2) is 42.6 Å². The zero-order chi connectivity index (χ0) is 25.4. The summed E-state index contributed by atoms with van der Waals surface area (Å²) in [5, 5.41) is 9.25. The van der Waals surface area contributed by atoms with Crippen molar-refractivity contribution in [2.24, 2.45) is 0 Å². The van der Waals surface area contributed by atoms with Gasteiger partial charge >= 0.3 is 5.97 Å². The van der Waals surface area contributed by atoms with Crippen LogP contribution in [0.1, 0.15) is 42.6 Å². The number of benzene rings is 1. The fourth-order valence-electron chi connectivity index (χ4n) is 5.20. The summed E-state index contributed by atoms with van der Waals surface area (Å²) in [6.45, 7) is 9.38. The van der Waals surface area contributed by atoms with Crippen molar-refractivity contribution in [2.75, 3.05) is 40.9 Å². The average Bonchev–Trinajstić information content (AvgIpc) is 3.30. The molecule has 36 heavy (non-hydrogen) atoms. The van der Waals surface area contributed by atoms with Gasteiger partial charge in [-0.05, 0) is 69.5 Å². The number of carboxylic acid groups (broad SMARTS) is 1. The van der Waals surface area contributed by atoms with Gasteiger partial charge in [-0.2, -0.15) is 4.98 Å². The second kappa shape index (κ2) is 9.72. The number of aryl methyl sites for hydroxylation is 1. The molecule has 0 amide bonds. The number of anilines is 3. The van der Waals surface area contributed by atoms with Crippen LogP contribution in [0.2, 0.25) is 0 Å². The van der Waals surface area contributed by atoms with Gasteiger partial charge in [-0.25, -0.2) is 19.2 Å². The molecule has 2 aromatic heterocycles. The van der Waals surface area contributed by atoms with Gasteiger partial charge in [0.25, 0.3) is 0 Å². The molecule has 0 bridgehead atoms. The molecule has 1 aromatic carbocycles. The molecular weight excluding hydrogens is 459 g/mol. The zero-order valence-electron chi connectivity index (χ0n) is 20.9. The molecule has 0 unspecified atom stereocenters. The van der Waals surface area contributed by atoms with E-state index >= 15 is 0 Å². The lowest BCUT2D eigenvalue weighted by Gasteiger charge is -2.41. The predicted molar refractivity (Wildman–Crippen MR) is 138 cm³/mol. The summed E-state index contributed by atoms with van der Waals surface area (Å²) in [6, 6.07) is 10.6. The van der Waals surface area contributed by atoms with E-state index in [9.17, 15) is 14.3 Å². The Balaban J connectivity index is 1.44. The van der Waals surface area contributed by atoms with Crippen LogP contribution in [0, 0.1) is 12.7 Å². The molecule has 0 saturated carbocycles. The summed E-state index contributed by atoms with van der Waals surface area (Å²) >= 11 is 0. The maximum absolute atomic E-state index is 13.6. The third-order valence-corrected chi connectivity index (χ3v) is 7.17. The Morgan fingerprint density at radius 1 is 1.03 bits per heavy atom. The van der Waals surface area contributed by atoms with Gasteiger partial charge in [-0.1, -0.05) is 0 Å². The number of pyridine rings is 1. The summed E-state index contributed by atoms with van der Waals surface area (Å²) in [5.74, 6) is 1.14. The van der Waals surface area contributed by atoms with E-state index in [0.29, 0.717) is 12.0 Å². The molecule has 9 heteroatoms. The van der Waals surface area contributed by atoms with Gasteiger partial charge in [0.1, 0.15) is 17.5 Å². The molecule has 1 N–H and O–H groups in total. The standard InChI is InChI=1S/C27H31FN6O2/c1-17-13-21(26(35)36)15-29-25(17)32-11-12-33(19(3)16-32)24-14-23(20-6-8-22(28)9-7-20)30-27(31-24)34-10-4-5-18(34)2/h6-9,13-15,18-19H,4-5,10-12,16H2,1-3H3,(H,35,36)/t18-,19+/m0/s1. The Kier molecular flexibility index (Phi) is 6.47. The van der Waals surface area contributed by atoms with Crippen LogP contribution in [0.25, 0.3) is 11.3 Å². The maximum Gasteiger partial charge on any atom is 0.337 e. The Hall–Kier alpha value is -3.75. The average molecular weight is 491 g/mol. The molecule has 2 atom stereocenters. The minimum Gasteiger partial charge on any atom is -0.478 e. The first-order valence-electron chi connectivity index (χ1n) is 12.4. The van der Waals surface area contributed by atoms with Crippen molar-refractivity contribution in [1.82, 2.24) is 15.0 Å². The number of nitrogens with zero attached hydrogens (tertiary/aromatic N) is 6. The van der Waals surface area contributed by atoms with Crippen molar-refractivity contribution in [1.29, 1.82) is 0 Å². The number of carbonyl (C=O) groups is 1. The SMILES string of the molecule is Cc1cc(C(=O)O)cnc1N1CCN(c2cc(-c3ccc(F)cc3)nc(N3CCC[C@@H]3C)n2)[C@H](C)C1. The Labute approximate surface area is 210 Å². The van der Waals surface area contributed by atoms with E-state index in [1.165, 1.54) is 18.3 Å². The van der Waals surface area contributed by atoms with Gasteiger partial charge in [0, 0.05) is 56.1 Å². The quantitative estimate of drug-likeness (QED) is 0.564. The topological polar surface area (TPSA) is 85.7 Å². The first-order chi connectivity index (χ1) is 17.3. The zero-order valence-corrected chi connectivity index (χ0v) is 20.9. The van der Waals surface area contributed by atoms with Crippen molar-refractivity contribution < 1.29 is 14.3 Å². The van der Waals surface area contributed by atoms with Gasteiger partial charge in [0.2, 0.25) is 5.95 Å². The van der Waals surface area contributed by atoms with Gasteiger partial charge in [-0.3, -0.25) is 0 Å². The second-order valence-electron chi connectivity index (χ2n) is 9.76. The first-order valence-corrected chi connectivity index (χ1v) is 12.4. The van der Waals surface area contributed by atoms with E-state index in [0.717, 1.165) is 67.5 Å². The highest BCUT2D eigenvalue weighted by molar-refractivity contribution is 5.87. The van der Waals surface area contributed by atoms with Crippen LogP contribution in [0.4, 0.5) is 22.0 Å². The van der Waals surface area contributed by atoms with E-state index in [1.54, 1.807) is 18.2 Å². The number of hydrogen-bond acceptors (Lipinski definition) is 7. The van der Waals surface area contributed by atoms with Crippen LogP contribution < -0.4 is 14.7 Å². The van der Waals surface area contributed by atoms with Crippen LogP contribution in [0.5, 0.6) is 0 Å². The number of hydrogen-bond donors (Lipinski definition) is 1. The monoisotopic (exact) mass is 490 g/mol. The fraction of sp³-hybridized carbons (Fsp3) is 0.407. The molecule has 0 spiro atoms. The van der Waals surface area contributed by atoms with Gasteiger partial charge < -0.3 is 19.8 Å². The minimum atomic E-state index is -0.973. The number of aromatic carboxylic acids is 1. The molecule has 2 saturated heterocycles. The molecule has 0 radical (unpaired) electrons. The van der Waals surface area contributed by atoms with Crippen molar-refractivity contribution in [3.8, 4) is 11.3 Å². The summed E-state index contributed by atoms with van der Waals surface area (Å²) in [4.78, 5) is 32.4. The molecular formula is C27H31FN6O2. The maximum atomic E-state index is 13.6. The number of aromatic nitrogens is 3. The summed E-state index contributed by atoms with van der Waals surface area (Å²) < 4.78 is 13.6. The van der Waals surface area contributed by atoms with Gasteiger partial charge in [-0.15, -0.1) is 0 Å². The molecule has 5 rings (SSSR count). The highest BCUT2D eigenvalue weighted by atomic mass is 19.1. The lowest BCUT2D eigenvalue weighted by Crippen LogP contribution is -2.53. The van der Waals surface area contributed by atoms with E-state index in [2.05, 4.69) is 33.5 Å². The van der Waals surface area contributed by atoms with Gasteiger partial charge in [0.05, 0.1) is 11.3 Å². The third-order valence-electron chi connectivity index (χ3n) is 7.17. The van der Waals surface area contributed by atoms with Crippen molar-refractivity contribution >= 4 is 23.6 Å². The molecule has 2 aliphatic heterocycles. The van der Waals surface area contributed by atoms with E-state index in [1.807, 2.05) is 13.0 Å². The molecule has 2 fully saturated rings. The minimum absolute atomic E-state index is 0.138. The number of carboxylic acids is 1. The van der Waals surface area contributed by atoms with Crippen molar-refractivity contribution in [2.45, 2.75) is 45.7 Å². The lowest BCUT2D eigenvalue weighted by molar-refractivity contribution is 0.0696. The third kappa shape index (κ3) is 4.69. The molecule has 188 valence electrons. The van der Waals surface area contributed by atoms with Crippen LogP contribution in [0.3, 0.4) is 0 Å². The number of rotatable bonds is 5.